The van der Waals surface area contributed by atoms with Gasteiger partial charge in [-0.2, -0.15) is 0 Å². The van der Waals surface area contributed by atoms with Gasteiger partial charge in [0.25, 0.3) is 0 Å². The van der Waals surface area contributed by atoms with Gasteiger partial charge in [-0.05, 0) is 43.2 Å². The Hall–Kier alpha value is -0.540. The van der Waals surface area contributed by atoms with Crippen molar-refractivity contribution in [3.63, 3.8) is 0 Å². The molecule has 2 nitrogen and oxygen atoms in total. The van der Waals surface area contributed by atoms with Gasteiger partial charge < -0.3 is 10.5 Å². The number of halogens is 1. The fourth-order valence-corrected chi connectivity index (χ4v) is 4.11. The summed E-state index contributed by atoms with van der Waals surface area (Å²) >= 11 is 3.53. The van der Waals surface area contributed by atoms with Crippen molar-refractivity contribution in [3.8, 4) is 5.75 Å². The molecule has 2 N–H and O–H groups in total. The summed E-state index contributed by atoms with van der Waals surface area (Å²) < 4.78 is 7.52. The van der Waals surface area contributed by atoms with Crippen molar-refractivity contribution in [1.29, 1.82) is 0 Å². The predicted octanol–water partition coefficient (Wildman–Crippen LogP) is 4.43. The first kappa shape index (κ1) is 13.4. The number of hydrogen-bond donors (Lipinski definition) is 1. The quantitative estimate of drug-likeness (QED) is 0.766. The highest BCUT2D eigenvalue weighted by Gasteiger charge is 2.46. The number of nitrogens with two attached hydrogens (primary N) is 1. The lowest BCUT2D eigenvalue weighted by Gasteiger charge is -2.49. The minimum atomic E-state index is -0.0419. The van der Waals surface area contributed by atoms with Crippen LogP contribution in [0, 0.1) is 11.8 Å². The summed E-state index contributed by atoms with van der Waals surface area (Å²) in [7, 11) is 0. The molecule has 104 valence electrons. The first-order valence-electron chi connectivity index (χ1n) is 7.24. The molecule has 4 atom stereocenters. The van der Waals surface area contributed by atoms with Crippen LogP contribution in [0.1, 0.15) is 51.1 Å². The van der Waals surface area contributed by atoms with Gasteiger partial charge in [-0.15, -0.1) is 0 Å². The normalized spacial score (nSPS) is 37.8. The Morgan fingerprint density at radius 2 is 2.16 bits per heavy atom. The molecule has 0 aromatic heterocycles. The number of rotatable bonds is 0. The number of hydrogen-bond acceptors (Lipinski definition) is 2. The maximum Gasteiger partial charge on any atom is 0.126 e. The van der Waals surface area contributed by atoms with Gasteiger partial charge in [-0.25, -0.2) is 0 Å². The molecular formula is C16H22BrNO. The van der Waals surface area contributed by atoms with E-state index in [0.29, 0.717) is 5.92 Å². The van der Waals surface area contributed by atoms with E-state index in [-0.39, 0.29) is 11.6 Å². The fraction of sp³-hybridized carbons (Fsp3) is 0.625. The molecular weight excluding hydrogens is 302 g/mol. The van der Waals surface area contributed by atoms with Crippen LogP contribution in [0.3, 0.4) is 0 Å². The van der Waals surface area contributed by atoms with Crippen molar-refractivity contribution in [3.05, 3.63) is 28.2 Å². The molecule has 1 saturated carbocycles. The second kappa shape index (κ2) is 4.78. The van der Waals surface area contributed by atoms with Gasteiger partial charge in [0.1, 0.15) is 11.4 Å². The Kier molecular flexibility index (Phi) is 3.38. The average Bonchev–Trinajstić information content (AvgIpc) is 2.34. The molecule has 0 amide bonds. The second-order valence-corrected chi connectivity index (χ2v) is 7.36. The van der Waals surface area contributed by atoms with Crippen LogP contribution in [-0.2, 0) is 0 Å². The Morgan fingerprint density at radius 1 is 1.37 bits per heavy atom. The van der Waals surface area contributed by atoms with Crippen LogP contribution in [0.2, 0.25) is 0 Å². The third-order valence-electron chi connectivity index (χ3n) is 4.97. The Labute approximate surface area is 123 Å². The number of fused-ring (bicyclic) bond motifs is 1. The molecule has 1 heterocycles. The van der Waals surface area contributed by atoms with Gasteiger partial charge in [0, 0.05) is 22.5 Å². The minimum absolute atomic E-state index is 0.0419. The van der Waals surface area contributed by atoms with Crippen LogP contribution >= 0.6 is 15.9 Å². The third kappa shape index (κ3) is 2.31. The second-order valence-electron chi connectivity index (χ2n) is 6.44. The smallest absolute Gasteiger partial charge is 0.126 e. The highest BCUT2D eigenvalue weighted by molar-refractivity contribution is 9.10. The SMILES string of the molecule is CC1CCC2(CC(N)c3ccc(Br)cc3O2)C(C)C1. The molecule has 1 aromatic carbocycles. The minimum Gasteiger partial charge on any atom is -0.487 e. The van der Waals surface area contributed by atoms with E-state index < -0.39 is 0 Å². The Bertz CT molecular complexity index is 490. The maximum absolute atomic E-state index is 6.46. The zero-order valence-electron chi connectivity index (χ0n) is 11.7. The van der Waals surface area contributed by atoms with E-state index in [2.05, 4.69) is 41.9 Å². The van der Waals surface area contributed by atoms with Crippen molar-refractivity contribution in [2.75, 3.05) is 0 Å². The predicted molar refractivity (Wildman–Crippen MR) is 81.2 cm³/mol. The monoisotopic (exact) mass is 323 g/mol. The van der Waals surface area contributed by atoms with E-state index in [0.717, 1.165) is 34.5 Å². The number of ether oxygens (including phenoxy) is 1. The molecule has 1 spiro atoms. The Morgan fingerprint density at radius 3 is 2.89 bits per heavy atom. The van der Waals surface area contributed by atoms with Crippen LogP contribution in [0.25, 0.3) is 0 Å². The lowest BCUT2D eigenvalue weighted by molar-refractivity contribution is -0.0519. The van der Waals surface area contributed by atoms with E-state index in [1.165, 1.54) is 12.8 Å². The van der Waals surface area contributed by atoms with E-state index in [1.807, 2.05) is 6.07 Å². The molecule has 3 rings (SSSR count). The zero-order chi connectivity index (χ0) is 13.6. The van der Waals surface area contributed by atoms with Crippen LogP contribution < -0.4 is 10.5 Å². The van der Waals surface area contributed by atoms with Crippen molar-refractivity contribution >= 4 is 15.9 Å². The van der Waals surface area contributed by atoms with Crippen molar-refractivity contribution < 1.29 is 4.74 Å². The summed E-state index contributed by atoms with van der Waals surface area (Å²) in [5.74, 6) is 2.37. The molecule has 1 fully saturated rings. The molecule has 0 saturated heterocycles. The largest absolute Gasteiger partial charge is 0.487 e. The van der Waals surface area contributed by atoms with Gasteiger partial charge in [0.2, 0.25) is 0 Å². The summed E-state index contributed by atoms with van der Waals surface area (Å²) in [6, 6.07) is 6.31. The van der Waals surface area contributed by atoms with Crippen molar-refractivity contribution in [1.82, 2.24) is 0 Å². The molecule has 19 heavy (non-hydrogen) atoms. The zero-order valence-corrected chi connectivity index (χ0v) is 13.2. The highest BCUT2D eigenvalue weighted by Crippen LogP contribution is 2.49. The molecule has 2 aliphatic rings. The van der Waals surface area contributed by atoms with Crippen molar-refractivity contribution in [2.24, 2.45) is 17.6 Å². The van der Waals surface area contributed by atoms with E-state index in [4.69, 9.17) is 10.5 Å². The summed E-state index contributed by atoms with van der Waals surface area (Å²) in [5.41, 5.74) is 7.51. The molecule has 1 aliphatic carbocycles. The lowest BCUT2D eigenvalue weighted by atomic mass is 9.68. The van der Waals surface area contributed by atoms with Crippen LogP contribution in [0.15, 0.2) is 22.7 Å². The van der Waals surface area contributed by atoms with E-state index in [9.17, 15) is 0 Å². The van der Waals surface area contributed by atoms with Crippen LogP contribution in [0.5, 0.6) is 5.75 Å². The van der Waals surface area contributed by atoms with Crippen molar-refractivity contribution in [2.45, 2.75) is 51.2 Å². The first-order chi connectivity index (χ1) is 9.00. The summed E-state index contributed by atoms with van der Waals surface area (Å²) in [6.07, 6.45) is 4.58. The van der Waals surface area contributed by atoms with Gasteiger partial charge in [0.15, 0.2) is 0 Å². The molecule has 0 bridgehead atoms. The third-order valence-corrected chi connectivity index (χ3v) is 5.46. The molecule has 3 heteroatoms. The molecule has 4 unspecified atom stereocenters. The number of benzene rings is 1. The lowest BCUT2D eigenvalue weighted by Crippen LogP contribution is -2.50. The van der Waals surface area contributed by atoms with E-state index >= 15 is 0 Å². The Balaban J connectivity index is 1.95. The van der Waals surface area contributed by atoms with Gasteiger partial charge in [-0.1, -0.05) is 35.8 Å². The van der Waals surface area contributed by atoms with Gasteiger partial charge >= 0.3 is 0 Å². The molecule has 1 aromatic rings. The standard InChI is InChI=1S/C16H22BrNO/c1-10-5-6-16(11(2)7-10)9-14(18)13-4-3-12(17)8-15(13)19-16/h3-4,8,10-11,14H,5-7,9,18H2,1-2H3. The molecule has 0 radical (unpaired) electrons. The summed E-state index contributed by atoms with van der Waals surface area (Å²) in [6.45, 7) is 4.67. The fourth-order valence-electron chi connectivity index (χ4n) is 3.77. The van der Waals surface area contributed by atoms with Crippen LogP contribution in [-0.4, -0.2) is 5.60 Å². The van der Waals surface area contributed by atoms with Crippen LogP contribution in [0.4, 0.5) is 0 Å². The topological polar surface area (TPSA) is 35.2 Å². The highest BCUT2D eigenvalue weighted by atomic mass is 79.9. The van der Waals surface area contributed by atoms with Gasteiger partial charge in [-0.3, -0.25) is 0 Å². The summed E-state index contributed by atoms with van der Waals surface area (Å²) in [4.78, 5) is 0. The molecule has 1 aliphatic heterocycles. The summed E-state index contributed by atoms with van der Waals surface area (Å²) in [5, 5.41) is 0. The maximum atomic E-state index is 6.46. The first-order valence-corrected chi connectivity index (χ1v) is 8.03. The van der Waals surface area contributed by atoms with Gasteiger partial charge in [0.05, 0.1) is 0 Å². The van der Waals surface area contributed by atoms with E-state index in [1.54, 1.807) is 0 Å². The average molecular weight is 324 g/mol.